The number of carbonyl (C=O) groups excluding carboxylic acids is 1. The number of amides is 1. The van der Waals surface area contributed by atoms with Crippen molar-refractivity contribution in [1.82, 2.24) is 10.1 Å². The summed E-state index contributed by atoms with van der Waals surface area (Å²) in [6, 6.07) is 1.79. The maximum atomic E-state index is 12.1. The van der Waals surface area contributed by atoms with Crippen LogP contribution < -0.4 is 11.1 Å². The van der Waals surface area contributed by atoms with E-state index in [2.05, 4.69) is 15.4 Å². The summed E-state index contributed by atoms with van der Waals surface area (Å²) in [4.78, 5) is 14.3. The van der Waals surface area contributed by atoms with Crippen molar-refractivity contribution < 1.29 is 9.32 Å². The molecule has 0 spiro atoms. The average molecular weight is 294 g/mol. The van der Waals surface area contributed by atoms with Crippen molar-refractivity contribution in [3.8, 4) is 0 Å². The van der Waals surface area contributed by atoms with E-state index >= 15 is 0 Å². The van der Waals surface area contributed by atoms with Gasteiger partial charge in [0.15, 0.2) is 0 Å². The van der Waals surface area contributed by atoms with Crippen LogP contribution in [0.2, 0.25) is 0 Å². The van der Waals surface area contributed by atoms with Crippen molar-refractivity contribution in [3.05, 3.63) is 11.8 Å². The maximum absolute atomic E-state index is 12.1. The van der Waals surface area contributed by atoms with Crippen molar-refractivity contribution in [1.29, 1.82) is 0 Å². The smallest absolute Gasteiger partial charge is 0.240 e. The van der Waals surface area contributed by atoms with Crippen LogP contribution in [-0.2, 0) is 4.79 Å². The number of likely N-dealkylation sites (tertiary alicyclic amines) is 1. The van der Waals surface area contributed by atoms with Gasteiger partial charge in [0.05, 0.1) is 12.2 Å². The molecule has 1 atom stereocenters. The first kappa shape index (κ1) is 16.0. The molecule has 2 rings (SSSR count). The van der Waals surface area contributed by atoms with Gasteiger partial charge in [0.25, 0.3) is 0 Å². The van der Waals surface area contributed by atoms with Crippen LogP contribution in [0.4, 0.5) is 5.88 Å². The lowest BCUT2D eigenvalue weighted by Crippen LogP contribution is -2.40. The predicted molar refractivity (Wildman–Crippen MR) is 82.1 cm³/mol. The van der Waals surface area contributed by atoms with Crippen LogP contribution in [-0.4, -0.2) is 42.1 Å². The van der Waals surface area contributed by atoms with Gasteiger partial charge < -0.3 is 10.3 Å². The SMILES string of the molecule is CC(C)c1cc(NC(=O)CN2CCCC(CCN)C2)on1. The molecule has 1 aromatic heterocycles. The average Bonchev–Trinajstić information content (AvgIpc) is 2.88. The molecule has 1 fully saturated rings. The van der Waals surface area contributed by atoms with E-state index in [0.29, 0.717) is 24.3 Å². The predicted octanol–water partition coefficient (Wildman–Crippen LogP) is 1.80. The fourth-order valence-electron chi connectivity index (χ4n) is 2.77. The molecule has 0 saturated carbocycles. The number of hydrogen-bond donors (Lipinski definition) is 2. The first-order valence-electron chi connectivity index (χ1n) is 7.77. The highest BCUT2D eigenvalue weighted by Crippen LogP contribution is 2.20. The fourth-order valence-corrected chi connectivity index (χ4v) is 2.77. The third-order valence-electron chi connectivity index (χ3n) is 3.93. The standard InChI is InChI=1S/C15H26N4O2/c1-11(2)13-8-15(21-18-13)17-14(20)10-19-7-3-4-12(9-19)5-6-16/h8,11-12H,3-7,9-10,16H2,1-2H3,(H,17,20). The molecule has 21 heavy (non-hydrogen) atoms. The third kappa shape index (κ3) is 4.82. The molecule has 2 heterocycles. The van der Waals surface area contributed by atoms with Gasteiger partial charge in [0.2, 0.25) is 11.8 Å². The van der Waals surface area contributed by atoms with Gasteiger partial charge in [-0.25, -0.2) is 0 Å². The zero-order valence-electron chi connectivity index (χ0n) is 13.0. The van der Waals surface area contributed by atoms with E-state index in [9.17, 15) is 4.79 Å². The Morgan fingerprint density at radius 1 is 1.62 bits per heavy atom. The summed E-state index contributed by atoms with van der Waals surface area (Å²) in [5.41, 5.74) is 6.47. The van der Waals surface area contributed by atoms with Crippen molar-refractivity contribution in [2.75, 3.05) is 31.5 Å². The Balaban J connectivity index is 1.80. The first-order chi connectivity index (χ1) is 10.1. The number of nitrogens with one attached hydrogen (secondary N) is 1. The number of nitrogens with zero attached hydrogens (tertiary/aromatic N) is 2. The lowest BCUT2D eigenvalue weighted by molar-refractivity contribution is -0.117. The number of hydrogen-bond acceptors (Lipinski definition) is 5. The van der Waals surface area contributed by atoms with Gasteiger partial charge in [-0.3, -0.25) is 15.0 Å². The summed E-state index contributed by atoms with van der Waals surface area (Å²) >= 11 is 0. The summed E-state index contributed by atoms with van der Waals surface area (Å²) < 4.78 is 5.13. The summed E-state index contributed by atoms with van der Waals surface area (Å²) in [6.45, 7) is 7.13. The minimum atomic E-state index is -0.0464. The number of piperidine rings is 1. The fraction of sp³-hybridized carbons (Fsp3) is 0.733. The van der Waals surface area contributed by atoms with E-state index in [-0.39, 0.29) is 5.91 Å². The van der Waals surface area contributed by atoms with Gasteiger partial charge in [-0.05, 0) is 44.2 Å². The van der Waals surface area contributed by atoms with E-state index in [1.165, 1.54) is 6.42 Å². The molecule has 0 aliphatic carbocycles. The van der Waals surface area contributed by atoms with E-state index in [1.54, 1.807) is 6.07 Å². The van der Waals surface area contributed by atoms with Crippen LogP contribution in [0.1, 0.15) is 44.7 Å². The summed E-state index contributed by atoms with van der Waals surface area (Å²) in [7, 11) is 0. The summed E-state index contributed by atoms with van der Waals surface area (Å²) in [5, 5.41) is 6.71. The monoisotopic (exact) mass is 294 g/mol. The van der Waals surface area contributed by atoms with E-state index in [0.717, 1.165) is 38.2 Å². The molecule has 1 amide bonds. The molecule has 1 aromatic rings. The van der Waals surface area contributed by atoms with Gasteiger partial charge in [0.1, 0.15) is 0 Å². The molecular formula is C15H26N4O2. The molecular weight excluding hydrogens is 268 g/mol. The number of anilines is 1. The van der Waals surface area contributed by atoms with Crippen LogP contribution in [0.5, 0.6) is 0 Å². The Kier molecular flexibility index (Phi) is 5.76. The molecule has 1 saturated heterocycles. The normalized spacial score (nSPS) is 19.9. The van der Waals surface area contributed by atoms with Crippen molar-refractivity contribution >= 4 is 11.8 Å². The van der Waals surface area contributed by atoms with Crippen molar-refractivity contribution in [3.63, 3.8) is 0 Å². The van der Waals surface area contributed by atoms with E-state index < -0.39 is 0 Å². The highest BCUT2D eigenvalue weighted by Gasteiger charge is 2.21. The molecule has 1 unspecified atom stereocenters. The molecule has 6 nitrogen and oxygen atoms in total. The van der Waals surface area contributed by atoms with Gasteiger partial charge in [0, 0.05) is 12.6 Å². The second kappa shape index (κ2) is 7.56. The van der Waals surface area contributed by atoms with Crippen LogP contribution in [0.25, 0.3) is 0 Å². The maximum Gasteiger partial charge on any atom is 0.240 e. The molecule has 1 aliphatic heterocycles. The Morgan fingerprint density at radius 3 is 3.10 bits per heavy atom. The molecule has 0 radical (unpaired) electrons. The molecule has 118 valence electrons. The van der Waals surface area contributed by atoms with Crippen LogP contribution in [0.15, 0.2) is 10.6 Å². The highest BCUT2D eigenvalue weighted by atomic mass is 16.5. The second-order valence-corrected chi connectivity index (χ2v) is 6.14. The summed E-state index contributed by atoms with van der Waals surface area (Å²) in [6.07, 6.45) is 3.39. The number of rotatable bonds is 6. The zero-order valence-corrected chi connectivity index (χ0v) is 13.0. The molecule has 1 aliphatic rings. The lowest BCUT2D eigenvalue weighted by atomic mass is 9.95. The largest absolute Gasteiger partial charge is 0.338 e. The van der Waals surface area contributed by atoms with E-state index in [4.69, 9.17) is 10.3 Å². The zero-order chi connectivity index (χ0) is 15.2. The molecule has 3 N–H and O–H groups in total. The quantitative estimate of drug-likeness (QED) is 0.835. The van der Waals surface area contributed by atoms with Crippen molar-refractivity contribution in [2.45, 2.75) is 39.0 Å². The Bertz CT molecular complexity index is 456. The van der Waals surface area contributed by atoms with Crippen LogP contribution in [0, 0.1) is 5.92 Å². The topological polar surface area (TPSA) is 84.4 Å². The second-order valence-electron chi connectivity index (χ2n) is 6.14. The highest BCUT2D eigenvalue weighted by molar-refractivity contribution is 5.90. The Morgan fingerprint density at radius 2 is 2.43 bits per heavy atom. The van der Waals surface area contributed by atoms with Gasteiger partial charge in [-0.1, -0.05) is 19.0 Å². The minimum absolute atomic E-state index is 0.0464. The Hall–Kier alpha value is -1.40. The van der Waals surface area contributed by atoms with Gasteiger partial charge in [-0.2, -0.15) is 0 Å². The number of carbonyl (C=O) groups is 1. The number of nitrogens with two attached hydrogens (primary N) is 1. The Labute approximate surface area is 126 Å². The van der Waals surface area contributed by atoms with Gasteiger partial charge in [-0.15, -0.1) is 0 Å². The lowest BCUT2D eigenvalue weighted by Gasteiger charge is -2.31. The summed E-state index contributed by atoms with van der Waals surface area (Å²) in [5.74, 6) is 1.29. The number of aromatic nitrogens is 1. The first-order valence-corrected chi connectivity index (χ1v) is 7.77. The molecule has 0 aromatic carbocycles. The molecule has 6 heteroatoms. The third-order valence-corrected chi connectivity index (χ3v) is 3.93. The van der Waals surface area contributed by atoms with Gasteiger partial charge >= 0.3 is 0 Å². The van der Waals surface area contributed by atoms with E-state index in [1.807, 2.05) is 13.8 Å². The van der Waals surface area contributed by atoms with Crippen molar-refractivity contribution in [2.24, 2.45) is 11.7 Å². The van der Waals surface area contributed by atoms with Crippen LogP contribution in [0.3, 0.4) is 0 Å². The van der Waals surface area contributed by atoms with Crippen LogP contribution >= 0.6 is 0 Å². The minimum Gasteiger partial charge on any atom is -0.338 e. The molecule has 0 bridgehead atoms.